The van der Waals surface area contributed by atoms with Crippen LogP contribution in [0, 0.1) is 5.41 Å². The molecule has 0 aliphatic heterocycles. The summed E-state index contributed by atoms with van der Waals surface area (Å²) in [6.45, 7) is 4.29. The fraction of sp³-hybridized carbons (Fsp3) is 0.556. The van der Waals surface area contributed by atoms with Gasteiger partial charge in [-0.2, -0.15) is 0 Å². The van der Waals surface area contributed by atoms with Crippen LogP contribution in [0.4, 0.5) is 0 Å². The third-order valence-electron chi connectivity index (χ3n) is 2.83. The zero-order valence-corrected chi connectivity index (χ0v) is 9.25. The van der Waals surface area contributed by atoms with Gasteiger partial charge in [0, 0.05) is 24.4 Å². The van der Waals surface area contributed by atoms with Gasteiger partial charge in [-0.15, -0.1) is 0 Å². The zero-order chi connectivity index (χ0) is 9.64. The molecule has 0 aromatic carbocycles. The molecule has 3 nitrogen and oxygen atoms in total. The summed E-state index contributed by atoms with van der Waals surface area (Å²) in [6.07, 6.45) is 3.53. The maximum Gasteiger partial charge on any atom is 0.133 e. The van der Waals surface area contributed by atoms with E-state index < -0.39 is 0 Å². The first-order valence-electron chi connectivity index (χ1n) is 4.26. The average molecular weight is 242 g/mol. The van der Waals surface area contributed by atoms with Gasteiger partial charge in [-0.1, -0.05) is 13.8 Å². The predicted octanol–water partition coefficient (Wildman–Crippen LogP) is 1.69. The molecule has 2 unspecified atom stereocenters. The van der Waals surface area contributed by atoms with Crippen LogP contribution >= 0.6 is 15.9 Å². The first-order valence-corrected chi connectivity index (χ1v) is 5.06. The highest BCUT2D eigenvalue weighted by atomic mass is 79.9. The molecule has 13 heavy (non-hydrogen) atoms. The second-order valence-corrected chi connectivity index (χ2v) is 5.00. The number of hydrogen-bond acceptors (Lipinski definition) is 3. The van der Waals surface area contributed by atoms with Gasteiger partial charge in [-0.3, -0.25) is 0 Å². The molecule has 2 rings (SSSR count). The van der Waals surface area contributed by atoms with Crippen molar-refractivity contribution in [1.82, 2.24) is 9.97 Å². The van der Waals surface area contributed by atoms with Gasteiger partial charge in [0.1, 0.15) is 5.82 Å². The third-order valence-corrected chi connectivity index (χ3v) is 3.24. The monoisotopic (exact) mass is 241 g/mol. The van der Waals surface area contributed by atoms with E-state index in [0.717, 1.165) is 10.3 Å². The lowest BCUT2D eigenvalue weighted by atomic mass is 10.1. The predicted molar refractivity (Wildman–Crippen MR) is 54.2 cm³/mol. The summed E-state index contributed by atoms with van der Waals surface area (Å²) >= 11 is 3.30. The first-order chi connectivity index (χ1) is 6.03. The quantitative estimate of drug-likeness (QED) is 0.815. The van der Waals surface area contributed by atoms with Crippen molar-refractivity contribution in [2.45, 2.75) is 25.8 Å². The Balaban J connectivity index is 2.25. The summed E-state index contributed by atoms with van der Waals surface area (Å²) in [5.41, 5.74) is 6.08. The molecule has 1 saturated carbocycles. The van der Waals surface area contributed by atoms with E-state index in [4.69, 9.17) is 5.73 Å². The number of nitrogens with two attached hydrogens (primary N) is 1. The molecule has 0 saturated heterocycles. The van der Waals surface area contributed by atoms with Crippen LogP contribution in [0.15, 0.2) is 16.9 Å². The molecule has 1 fully saturated rings. The van der Waals surface area contributed by atoms with E-state index in [9.17, 15) is 0 Å². The normalized spacial score (nSPS) is 30.2. The highest BCUT2D eigenvalue weighted by Crippen LogP contribution is 2.56. The SMILES string of the molecule is CC1(C)C(N)C1c1ncc(Br)cn1. The lowest BCUT2D eigenvalue weighted by Gasteiger charge is -2.00. The largest absolute Gasteiger partial charge is 0.327 e. The van der Waals surface area contributed by atoms with E-state index in [1.165, 1.54) is 0 Å². The molecule has 0 bridgehead atoms. The molecule has 1 aromatic heterocycles. The van der Waals surface area contributed by atoms with E-state index in [1.54, 1.807) is 12.4 Å². The Morgan fingerprint density at radius 2 is 1.85 bits per heavy atom. The lowest BCUT2D eigenvalue weighted by molar-refractivity contribution is 0.590. The lowest BCUT2D eigenvalue weighted by Crippen LogP contribution is -2.06. The van der Waals surface area contributed by atoms with Gasteiger partial charge < -0.3 is 5.73 Å². The van der Waals surface area contributed by atoms with Crippen molar-refractivity contribution in [2.75, 3.05) is 0 Å². The second kappa shape index (κ2) is 2.75. The smallest absolute Gasteiger partial charge is 0.133 e. The molecule has 1 aliphatic rings. The molecule has 1 aromatic rings. The van der Waals surface area contributed by atoms with Gasteiger partial charge in [0.25, 0.3) is 0 Å². The topological polar surface area (TPSA) is 51.8 Å². The minimum atomic E-state index is 0.161. The van der Waals surface area contributed by atoms with Gasteiger partial charge in [0.15, 0.2) is 0 Å². The number of rotatable bonds is 1. The number of aromatic nitrogens is 2. The summed E-state index contributed by atoms with van der Waals surface area (Å²) in [4.78, 5) is 8.50. The van der Waals surface area contributed by atoms with Gasteiger partial charge in [0.05, 0.1) is 4.47 Å². The average Bonchev–Trinajstić information content (AvgIpc) is 2.55. The van der Waals surface area contributed by atoms with Gasteiger partial charge in [-0.25, -0.2) is 9.97 Å². The molecular weight excluding hydrogens is 230 g/mol. The van der Waals surface area contributed by atoms with Crippen molar-refractivity contribution in [3.05, 3.63) is 22.7 Å². The summed E-state index contributed by atoms with van der Waals surface area (Å²) in [7, 11) is 0. The van der Waals surface area contributed by atoms with Crippen LogP contribution in [0.2, 0.25) is 0 Å². The van der Waals surface area contributed by atoms with Crippen LogP contribution in [0.3, 0.4) is 0 Å². The van der Waals surface area contributed by atoms with Crippen molar-refractivity contribution >= 4 is 15.9 Å². The maximum atomic E-state index is 5.92. The molecule has 70 valence electrons. The number of nitrogens with zero attached hydrogens (tertiary/aromatic N) is 2. The van der Waals surface area contributed by atoms with Crippen LogP contribution in [0.1, 0.15) is 25.6 Å². The van der Waals surface area contributed by atoms with Gasteiger partial charge >= 0.3 is 0 Å². The Morgan fingerprint density at radius 3 is 2.23 bits per heavy atom. The Kier molecular flexibility index (Phi) is 1.92. The maximum absolute atomic E-state index is 5.92. The van der Waals surface area contributed by atoms with E-state index in [1.807, 2.05) is 0 Å². The third kappa shape index (κ3) is 1.38. The summed E-state index contributed by atoms with van der Waals surface area (Å²) in [5, 5.41) is 0. The highest BCUT2D eigenvalue weighted by Gasteiger charge is 2.57. The molecule has 0 amide bonds. The summed E-state index contributed by atoms with van der Waals surface area (Å²) in [6, 6.07) is 0.202. The van der Waals surface area contributed by atoms with Crippen molar-refractivity contribution < 1.29 is 0 Å². The van der Waals surface area contributed by atoms with Crippen molar-refractivity contribution in [3.63, 3.8) is 0 Å². The van der Waals surface area contributed by atoms with Gasteiger partial charge in [0.2, 0.25) is 0 Å². The minimum absolute atomic E-state index is 0.161. The van der Waals surface area contributed by atoms with Crippen molar-refractivity contribution in [3.8, 4) is 0 Å². The van der Waals surface area contributed by atoms with Crippen LogP contribution in [0.25, 0.3) is 0 Å². The van der Waals surface area contributed by atoms with Crippen molar-refractivity contribution in [2.24, 2.45) is 11.1 Å². The van der Waals surface area contributed by atoms with E-state index in [-0.39, 0.29) is 11.5 Å². The van der Waals surface area contributed by atoms with Gasteiger partial charge in [-0.05, 0) is 21.3 Å². The highest BCUT2D eigenvalue weighted by molar-refractivity contribution is 9.10. The molecule has 4 heteroatoms. The molecule has 0 radical (unpaired) electrons. The Hall–Kier alpha value is -0.480. The Morgan fingerprint density at radius 1 is 1.38 bits per heavy atom. The van der Waals surface area contributed by atoms with Crippen LogP contribution in [-0.4, -0.2) is 16.0 Å². The number of hydrogen-bond donors (Lipinski definition) is 1. The molecule has 1 aliphatic carbocycles. The standard InChI is InChI=1S/C9H12BrN3/c1-9(2)6(7(9)11)8-12-3-5(10)4-13-8/h3-4,6-7H,11H2,1-2H3. The van der Waals surface area contributed by atoms with Crippen LogP contribution < -0.4 is 5.73 Å². The summed E-state index contributed by atoms with van der Waals surface area (Å²) in [5.74, 6) is 1.18. The fourth-order valence-corrected chi connectivity index (χ4v) is 1.86. The minimum Gasteiger partial charge on any atom is -0.327 e. The first kappa shape index (κ1) is 9.09. The van der Waals surface area contributed by atoms with E-state index in [0.29, 0.717) is 5.92 Å². The molecule has 1 heterocycles. The van der Waals surface area contributed by atoms with Crippen LogP contribution in [0.5, 0.6) is 0 Å². The molecule has 2 N–H and O–H groups in total. The Labute approximate surface area is 85.9 Å². The van der Waals surface area contributed by atoms with E-state index >= 15 is 0 Å². The molecule has 2 atom stereocenters. The fourth-order valence-electron chi connectivity index (χ4n) is 1.65. The summed E-state index contributed by atoms with van der Waals surface area (Å²) < 4.78 is 0.906. The molecule has 0 spiro atoms. The second-order valence-electron chi connectivity index (χ2n) is 4.08. The molecular formula is C9H12BrN3. The van der Waals surface area contributed by atoms with Crippen molar-refractivity contribution in [1.29, 1.82) is 0 Å². The number of halogens is 1. The van der Waals surface area contributed by atoms with Crippen LogP contribution in [-0.2, 0) is 0 Å². The van der Waals surface area contributed by atoms with E-state index in [2.05, 4.69) is 39.7 Å². The zero-order valence-electron chi connectivity index (χ0n) is 7.66. The Bertz CT molecular complexity index is 320.